The summed E-state index contributed by atoms with van der Waals surface area (Å²) in [6.07, 6.45) is 3.71. The standard InChI is InChI=1S/C16H26N2OS/c1-4-13(2)18(12-14-8-6-5-7-9-14)16(19)15(17)10-11-20-3/h5-9,13,15H,4,10-12,17H2,1-3H3/t13?,15-/m1/s1. The molecule has 0 fully saturated rings. The molecule has 2 atom stereocenters. The Bertz CT molecular complexity index is 397. The van der Waals surface area contributed by atoms with Gasteiger partial charge in [0.05, 0.1) is 6.04 Å². The number of benzene rings is 1. The Labute approximate surface area is 126 Å². The number of hydrogen-bond acceptors (Lipinski definition) is 3. The number of amides is 1. The fourth-order valence-electron chi connectivity index (χ4n) is 2.03. The van der Waals surface area contributed by atoms with Gasteiger partial charge in [-0.2, -0.15) is 11.8 Å². The van der Waals surface area contributed by atoms with Crippen molar-refractivity contribution in [2.75, 3.05) is 12.0 Å². The van der Waals surface area contributed by atoms with E-state index in [4.69, 9.17) is 5.73 Å². The van der Waals surface area contributed by atoms with E-state index in [-0.39, 0.29) is 18.0 Å². The molecule has 1 amide bonds. The van der Waals surface area contributed by atoms with Crippen LogP contribution in [0.1, 0.15) is 32.3 Å². The highest BCUT2D eigenvalue weighted by atomic mass is 32.2. The van der Waals surface area contributed by atoms with E-state index in [1.807, 2.05) is 29.4 Å². The number of thioether (sulfide) groups is 1. The third-order valence-electron chi connectivity index (χ3n) is 3.55. The zero-order chi connectivity index (χ0) is 15.0. The normalized spacial score (nSPS) is 13.8. The Morgan fingerprint density at radius 1 is 1.35 bits per heavy atom. The summed E-state index contributed by atoms with van der Waals surface area (Å²) in [5.41, 5.74) is 7.20. The van der Waals surface area contributed by atoms with Gasteiger partial charge in [-0.25, -0.2) is 0 Å². The number of rotatable bonds is 8. The lowest BCUT2D eigenvalue weighted by molar-refractivity contribution is -0.135. The third kappa shape index (κ3) is 5.17. The van der Waals surface area contributed by atoms with Crippen molar-refractivity contribution in [1.29, 1.82) is 0 Å². The van der Waals surface area contributed by atoms with Crippen LogP contribution >= 0.6 is 11.8 Å². The second kappa shape index (κ2) is 9.03. The lowest BCUT2D eigenvalue weighted by Crippen LogP contribution is -2.47. The molecule has 0 heterocycles. The minimum Gasteiger partial charge on any atom is -0.334 e. The molecule has 0 saturated heterocycles. The molecular formula is C16H26N2OS. The van der Waals surface area contributed by atoms with Gasteiger partial charge in [-0.15, -0.1) is 0 Å². The van der Waals surface area contributed by atoms with Gasteiger partial charge in [-0.1, -0.05) is 37.3 Å². The van der Waals surface area contributed by atoms with Gasteiger partial charge in [0.1, 0.15) is 0 Å². The van der Waals surface area contributed by atoms with Crippen LogP contribution in [0.25, 0.3) is 0 Å². The van der Waals surface area contributed by atoms with Crippen molar-refractivity contribution in [3.8, 4) is 0 Å². The Morgan fingerprint density at radius 3 is 2.55 bits per heavy atom. The SMILES string of the molecule is CCC(C)N(Cc1ccccc1)C(=O)[C@H](N)CCSC. The molecule has 3 nitrogen and oxygen atoms in total. The minimum absolute atomic E-state index is 0.0669. The van der Waals surface area contributed by atoms with E-state index in [2.05, 4.69) is 26.0 Å². The Morgan fingerprint density at radius 2 is 2.00 bits per heavy atom. The summed E-state index contributed by atoms with van der Waals surface area (Å²) in [5, 5.41) is 0. The van der Waals surface area contributed by atoms with Crippen molar-refractivity contribution in [2.45, 2.75) is 45.3 Å². The summed E-state index contributed by atoms with van der Waals surface area (Å²) >= 11 is 1.73. The average Bonchev–Trinajstić information content (AvgIpc) is 2.49. The summed E-state index contributed by atoms with van der Waals surface area (Å²) in [6, 6.07) is 9.92. The highest BCUT2D eigenvalue weighted by Gasteiger charge is 2.24. The molecular weight excluding hydrogens is 268 g/mol. The number of hydrogen-bond donors (Lipinski definition) is 1. The van der Waals surface area contributed by atoms with Gasteiger partial charge in [-0.3, -0.25) is 4.79 Å². The van der Waals surface area contributed by atoms with Crippen molar-refractivity contribution >= 4 is 17.7 Å². The molecule has 0 bridgehead atoms. The number of nitrogens with two attached hydrogens (primary N) is 1. The maximum Gasteiger partial charge on any atom is 0.240 e. The highest BCUT2D eigenvalue weighted by molar-refractivity contribution is 7.98. The molecule has 1 rings (SSSR count). The molecule has 0 spiro atoms. The lowest BCUT2D eigenvalue weighted by Gasteiger charge is -2.31. The van der Waals surface area contributed by atoms with Gasteiger partial charge in [0.25, 0.3) is 0 Å². The van der Waals surface area contributed by atoms with Gasteiger partial charge in [0.15, 0.2) is 0 Å². The van der Waals surface area contributed by atoms with Crippen LogP contribution in [0.4, 0.5) is 0 Å². The first-order valence-corrected chi connectivity index (χ1v) is 8.58. The number of carbonyl (C=O) groups excluding carboxylic acids is 1. The first-order valence-electron chi connectivity index (χ1n) is 7.19. The number of nitrogens with zero attached hydrogens (tertiary/aromatic N) is 1. The molecule has 0 aliphatic carbocycles. The van der Waals surface area contributed by atoms with Crippen molar-refractivity contribution in [1.82, 2.24) is 4.90 Å². The van der Waals surface area contributed by atoms with E-state index in [0.29, 0.717) is 6.54 Å². The predicted molar refractivity (Wildman–Crippen MR) is 87.7 cm³/mol. The molecule has 0 aliphatic heterocycles. The van der Waals surface area contributed by atoms with E-state index in [0.717, 1.165) is 24.2 Å². The predicted octanol–water partition coefficient (Wildman–Crippen LogP) is 2.89. The largest absolute Gasteiger partial charge is 0.334 e. The summed E-state index contributed by atoms with van der Waals surface area (Å²) < 4.78 is 0. The maximum absolute atomic E-state index is 12.5. The fourth-order valence-corrected chi connectivity index (χ4v) is 2.52. The Balaban J connectivity index is 2.76. The molecule has 4 heteroatoms. The Kier molecular flexibility index (Phi) is 7.70. The molecule has 112 valence electrons. The maximum atomic E-state index is 12.5. The smallest absolute Gasteiger partial charge is 0.240 e. The van der Waals surface area contributed by atoms with E-state index in [1.165, 1.54) is 0 Å². The summed E-state index contributed by atoms with van der Waals surface area (Å²) in [6.45, 7) is 4.83. The monoisotopic (exact) mass is 294 g/mol. The van der Waals surface area contributed by atoms with E-state index >= 15 is 0 Å². The summed E-state index contributed by atoms with van der Waals surface area (Å²) in [5.74, 6) is 0.990. The fraction of sp³-hybridized carbons (Fsp3) is 0.562. The molecule has 0 aromatic heterocycles. The third-order valence-corrected chi connectivity index (χ3v) is 4.20. The number of carbonyl (C=O) groups is 1. The zero-order valence-electron chi connectivity index (χ0n) is 12.7. The van der Waals surface area contributed by atoms with Crippen LogP contribution in [-0.2, 0) is 11.3 Å². The quantitative estimate of drug-likeness (QED) is 0.802. The minimum atomic E-state index is -0.389. The van der Waals surface area contributed by atoms with Crippen LogP contribution in [0.5, 0.6) is 0 Å². The van der Waals surface area contributed by atoms with Gasteiger partial charge >= 0.3 is 0 Å². The topological polar surface area (TPSA) is 46.3 Å². The second-order valence-electron chi connectivity index (χ2n) is 5.10. The molecule has 20 heavy (non-hydrogen) atoms. The van der Waals surface area contributed by atoms with Crippen LogP contribution in [0.3, 0.4) is 0 Å². The van der Waals surface area contributed by atoms with Crippen LogP contribution in [0.2, 0.25) is 0 Å². The summed E-state index contributed by atoms with van der Waals surface area (Å²) in [4.78, 5) is 14.5. The molecule has 1 unspecified atom stereocenters. The molecule has 1 aromatic carbocycles. The zero-order valence-corrected chi connectivity index (χ0v) is 13.5. The van der Waals surface area contributed by atoms with Crippen molar-refractivity contribution in [2.24, 2.45) is 5.73 Å². The lowest BCUT2D eigenvalue weighted by atomic mass is 10.1. The van der Waals surface area contributed by atoms with E-state index in [9.17, 15) is 4.79 Å². The van der Waals surface area contributed by atoms with Gasteiger partial charge in [-0.05, 0) is 37.3 Å². The first-order chi connectivity index (χ1) is 9.60. The van der Waals surface area contributed by atoms with Crippen LogP contribution in [-0.4, -0.2) is 34.9 Å². The molecule has 0 saturated carbocycles. The Hall–Kier alpha value is -1.00. The van der Waals surface area contributed by atoms with Crippen molar-refractivity contribution < 1.29 is 4.79 Å². The van der Waals surface area contributed by atoms with Gasteiger partial charge in [0.2, 0.25) is 5.91 Å². The average molecular weight is 294 g/mol. The van der Waals surface area contributed by atoms with Crippen LogP contribution in [0, 0.1) is 0 Å². The second-order valence-corrected chi connectivity index (χ2v) is 6.08. The van der Waals surface area contributed by atoms with Crippen molar-refractivity contribution in [3.63, 3.8) is 0 Å². The van der Waals surface area contributed by atoms with E-state index in [1.54, 1.807) is 11.8 Å². The van der Waals surface area contributed by atoms with Gasteiger partial charge < -0.3 is 10.6 Å². The molecule has 1 aromatic rings. The van der Waals surface area contributed by atoms with Crippen molar-refractivity contribution in [3.05, 3.63) is 35.9 Å². The van der Waals surface area contributed by atoms with E-state index < -0.39 is 0 Å². The molecule has 2 N–H and O–H groups in total. The molecule has 0 aliphatic rings. The van der Waals surface area contributed by atoms with Crippen LogP contribution in [0.15, 0.2) is 30.3 Å². The van der Waals surface area contributed by atoms with Gasteiger partial charge in [0, 0.05) is 12.6 Å². The summed E-state index contributed by atoms with van der Waals surface area (Å²) in [7, 11) is 0. The first kappa shape index (κ1) is 17.1. The highest BCUT2D eigenvalue weighted by Crippen LogP contribution is 2.13. The van der Waals surface area contributed by atoms with Crippen LogP contribution < -0.4 is 5.73 Å². The molecule has 0 radical (unpaired) electrons.